The molecule has 0 fully saturated rings. The largest absolute Gasteiger partial charge is 0.320 e. The second kappa shape index (κ2) is 9.82. The first-order chi connectivity index (χ1) is 23.2. The normalized spacial score (nSPS) is 14.1. The molecule has 47 heavy (non-hydrogen) atoms. The molecule has 1 radical (unpaired) electrons. The van der Waals surface area contributed by atoms with Gasteiger partial charge in [0.15, 0.2) is 5.65 Å². The number of imidazole rings is 3. The molecule has 0 aliphatic heterocycles. The maximum absolute atomic E-state index is 5.32. The number of aryl methyl sites for hydroxylation is 2. The molecule has 0 amide bonds. The summed E-state index contributed by atoms with van der Waals surface area (Å²) < 4.78 is 11.1. The summed E-state index contributed by atoms with van der Waals surface area (Å²) in [6.07, 6.45) is 5.84. The zero-order chi connectivity index (χ0) is 31.2. The van der Waals surface area contributed by atoms with Crippen molar-refractivity contribution in [3.05, 3.63) is 151 Å². The minimum Gasteiger partial charge on any atom is -0.320 e. The van der Waals surface area contributed by atoms with Gasteiger partial charge in [0, 0.05) is 43.8 Å². The third-order valence-corrected chi connectivity index (χ3v) is 12.9. The minimum absolute atomic E-state index is 0.247. The van der Waals surface area contributed by atoms with E-state index < -0.39 is 8.80 Å². The Morgan fingerprint density at radius 2 is 1.32 bits per heavy atom. The van der Waals surface area contributed by atoms with Gasteiger partial charge in [-0.25, -0.2) is 4.98 Å². The minimum atomic E-state index is -1.27. The molecule has 4 aromatic carbocycles. The average Bonchev–Trinajstić information content (AvgIpc) is 3.95. The van der Waals surface area contributed by atoms with Crippen molar-refractivity contribution in [2.45, 2.75) is 5.54 Å². The number of fused-ring (bicyclic) bond motifs is 8. The monoisotopic (exact) mass is 624 g/mol. The van der Waals surface area contributed by atoms with Gasteiger partial charge in [-0.15, -0.1) is 0 Å². The highest BCUT2D eigenvalue weighted by Gasteiger charge is 2.40. The maximum atomic E-state index is 5.32. The number of nitrogens with zero attached hydrogens (tertiary/aromatic N) is 7. The van der Waals surface area contributed by atoms with Gasteiger partial charge >= 0.3 is 0 Å². The molecule has 1 atom stereocenters. The summed E-state index contributed by atoms with van der Waals surface area (Å²) in [5.41, 5.74) is 11.0. The molecule has 0 saturated carbocycles. The van der Waals surface area contributed by atoms with E-state index in [4.69, 9.17) is 4.98 Å². The predicted octanol–water partition coefficient (Wildman–Crippen LogP) is 6.25. The summed E-state index contributed by atoms with van der Waals surface area (Å²) in [5.74, 6) is 1.71. The van der Waals surface area contributed by atoms with Crippen LogP contribution in [0.2, 0.25) is 0 Å². The van der Waals surface area contributed by atoms with Crippen LogP contribution >= 0.6 is 0 Å². The molecule has 5 heterocycles. The number of para-hydroxylation sites is 2. The first-order valence-electron chi connectivity index (χ1n) is 15.9. The van der Waals surface area contributed by atoms with Gasteiger partial charge in [-0.3, -0.25) is 13.5 Å². The Morgan fingerprint density at radius 3 is 2.04 bits per heavy atom. The Hall–Kier alpha value is -5.86. The predicted molar refractivity (Wildman–Crippen MR) is 190 cm³/mol. The number of hydrogen-bond donors (Lipinski definition) is 0. The summed E-state index contributed by atoms with van der Waals surface area (Å²) in [6, 6.07) is 44.6. The number of benzene rings is 4. The lowest BCUT2D eigenvalue weighted by molar-refractivity contribution is 0.827. The fourth-order valence-electron chi connectivity index (χ4n) is 7.79. The summed E-state index contributed by atoms with van der Waals surface area (Å²) in [6.45, 7) is 0. The van der Waals surface area contributed by atoms with Gasteiger partial charge < -0.3 is 9.13 Å². The second-order valence-electron chi connectivity index (χ2n) is 12.3. The van der Waals surface area contributed by atoms with Crippen LogP contribution in [0.4, 0.5) is 0 Å². The van der Waals surface area contributed by atoms with E-state index in [0.29, 0.717) is 0 Å². The summed E-state index contributed by atoms with van der Waals surface area (Å²) in [4.78, 5) is 9.93. The van der Waals surface area contributed by atoms with Gasteiger partial charge in [-0.2, -0.15) is 4.98 Å². The fourth-order valence-corrected chi connectivity index (χ4v) is 11.0. The van der Waals surface area contributed by atoms with E-state index in [1.807, 2.05) is 24.0 Å². The number of hydrogen-bond acceptors (Lipinski definition) is 2. The van der Waals surface area contributed by atoms with Crippen LogP contribution in [0.3, 0.4) is 0 Å². The van der Waals surface area contributed by atoms with Gasteiger partial charge in [0.25, 0.3) is 0 Å². The standard InChI is InChI=1S/C39H30N7Si/c1-42-24-22-40-38(42)44-23-21-33-37(44)41-39(43(33)2)46-32-20-12-11-19-31(32)45-34(46)25-30-35(45)28-17-9-10-18-29(28)36(30)47(26-13-5-3-6-14-26)27-15-7-4-8-16-27/h3-25,36H,1-2H3. The van der Waals surface area contributed by atoms with Crippen LogP contribution in [0.25, 0.3) is 51.0 Å². The summed E-state index contributed by atoms with van der Waals surface area (Å²) in [7, 11) is 2.86. The zero-order valence-electron chi connectivity index (χ0n) is 26.0. The molecule has 0 saturated heterocycles. The lowest BCUT2D eigenvalue weighted by Gasteiger charge is -2.24. The molecule has 10 rings (SSSR count). The molecule has 5 aromatic heterocycles. The van der Waals surface area contributed by atoms with Crippen molar-refractivity contribution in [3.8, 4) is 23.2 Å². The molecular formula is C39H30N7Si. The van der Waals surface area contributed by atoms with Crippen molar-refractivity contribution in [3.63, 3.8) is 0 Å². The van der Waals surface area contributed by atoms with Crippen molar-refractivity contribution >= 4 is 47.0 Å². The number of rotatable bonds is 5. The van der Waals surface area contributed by atoms with Crippen LogP contribution < -0.4 is 10.4 Å². The van der Waals surface area contributed by atoms with E-state index in [2.05, 4.69) is 158 Å². The van der Waals surface area contributed by atoms with E-state index in [1.165, 1.54) is 38.3 Å². The highest BCUT2D eigenvalue weighted by Crippen LogP contribution is 2.49. The lowest BCUT2D eigenvalue weighted by atomic mass is 10.1. The molecule has 0 spiro atoms. The van der Waals surface area contributed by atoms with E-state index in [-0.39, 0.29) is 5.54 Å². The molecule has 0 N–H and O–H groups in total. The van der Waals surface area contributed by atoms with Gasteiger partial charge in [0.05, 0.1) is 22.2 Å². The highest BCUT2D eigenvalue weighted by molar-refractivity contribution is 6.87. The smallest absolute Gasteiger partial charge is 0.218 e. The van der Waals surface area contributed by atoms with Crippen LogP contribution in [-0.2, 0) is 14.1 Å². The van der Waals surface area contributed by atoms with Gasteiger partial charge in [0.1, 0.15) is 14.4 Å². The fraction of sp³-hybridized carbons (Fsp3) is 0.0769. The van der Waals surface area contributed by atoms with Gasteiger partial charge in [-0.05, 0) is 35.4 Å². The summed E-state index contributed by atoms with van der Waals surface area (Å²) >= 11 is 0. The van der Waals surface area contributed by atoms with E-state index in [1.54, 1.807) is 0 Å². The SMILES string of the molecule is Cn1ccnc1-n1ccc2c1nc(-n1c3ccccc3n3c4c(cc13)C([Si](c1ccccc1)c1ccccc1)c1ccccc1-4)n2C. The molecular weight excluding hydrogens is 595 g/mol. The molecule has 7 nitrogen and oxygen atoms in total. The summed E-state index contributed by atoms with van der Waals surface area (Å²) in [5, 5.41) is 2.84. The Balaban J connectivity index is 1.27. The van der Waals surface area contributed by atoms with Crippen molar-refractivity contribution in [2.75, 3.05) is 0 Å². The first-order valence-corrected chi connectivity index (χ1v) is 17.5. The Kier molecular flexibility index (Phi) is 5.51. The molecule has 1 aliphatic carbocycles. The number of aromatic nitrogens is 7. The van der Waals surface area contributed by atoms with E-state index in [9.17, 15) is 0 Å². The zero-order valence-corrected chi connectivity index (χ0v) is 27.0. The Bertz CT molecular complexity index is 2580. The molecule has 225 valence electrons. The van der Waals surface area contributed by atoms with Crippen LogP contribution in [-0.4, -0.2) is 41.4 Å². The van der Waals surface area contributed by atoms with Crippen molar-refractivity contribution in [2.24, 2.45) is 14.1 Å². The maximum Gasteiger partial charge on any atom is 0.218 e. The van der Waals surface area contributed by atoms with Gasteiger partial charge in [-0.1, -0.05) is 107 Å². The molecule has 9 aromatic rings. The second-order valence-corrected chi connectivity index (χ2v) is 14.9. The Morgan fingerprint density at radius 1 is 0.638 bits per heavy atom. The first kappa shape index (κ1) is 26.4. The molecule has 1 unspecified atom stereocenters. The van der Waals surface area contributed by atoms with Crippen LogP contribution in [0.1, 0.15) is 16.7 Å². The molecule has 8 heteroatoms. The van der Waals surface area contributed by atoms with E-state index >= 15 is 0 Å². The van der Waals surface area contributed by atoms with Crippen molar-refractivity contribution < 1.29 is 0 Å². The molecule has 1 aliphatic rings. The van der Waals surface area contributed by atoms with E-state index in [0.717, 1.165) is 34.2 Å². The molecule has 0 bridgehead atoms. The van der Waals surface area contributed by atoms with Crippen LogP contribution in [0, 0.1) is 0 Å². The third-order valence-electron chi connectivity index (χ3n) is 9.82. The topological polar surface area (TPSA) is 49.9 Å². The van der Waals surface area contributed by atoms with Crippen LogP contribution in [0.5, 0.6) is 0 Å². The van der Waals surface area contributed by atoms with Crippen LogP contribution in [0.15, 0.2) is 140 Å². The lowest BCUT2D eigenvalue weighted by Crippen LogP contribution is -2.47. The Labute approximate surface area is 272 Å². The quantitative estimate of drug-likeness (QED) is 0.213. The van der Waals surface area contributed by atoms with Crippen molar-refractivity contribution in [1.82, 2.24) is 32.6 Å². The highest BCUT2D eigenvalue weighted by atomic mass is 28.3. The average molecular weight is 625 g/mol. The van der Waals surface area contributed by atoms with Gasteiger partial charge in [0.2, 0.25) is 11.9 Å². The van der Waals surface area contributed by atoms with Crippen molar-refractivity contribution in [1.29, 1.82) is 0 Å². The third kappa shape index (κ3) is 3.61.